The molecule has 1 N–H and O–H groups in total. The van der Waals surface area contributed by atoms with E-state index < -0.39 is 0 Å². The summed E-state index contributed by atoms with van der Waals surface area (Å²) in [4.78, 5) is 9.96. The summed E-state index contributed by atoms with van der Waals surface area (Å²) in [5.74, 6) is 2.50. The largest absolute Gasteiger partial charge is 0.348 e. The van der Waals surface area contributed by atoms with Gasteiger partial charge in [0.2, 0.25) is 0 Å². The smallest absolute Gasteiger partial charge is 0.165 e. The van der Waals surface area contributed by atoms with Crippen molar-refractivity contribution in [3.05, 3.63) is 24.0 Å². The number of aromatic amines is 1. The number of hydrogen-bond acceptors (Lipinski definition) is 5. The van der Waals surface area contributed by atoms with Crippen LogP contribution in [0, 0.1) is 0 Å². The fraction of sp³-hybridized carbons (Fsp3) is 0.692. The number of imidazole rings is 1. The summed E-state index contributed by atoms with van der Waals surface area (Å²) in [7, 11) is 0. The second kappa shape index (κ2) is 4.97. The van der Waals surface area contributed by atoms with Crippen LogP contribution in [-0.2, 0) is 12.1 Å². The number of H-pyrrole nitrogens is 1. The second-order valence-corrected chi connectivity index (χ2v) is 6.37. The summed E-state index contributed by atoms with van der Waals surface area (Å²) in [6.45, 7) is 9.20. The fourth-order valence-corrected chi connectivity index (χ4v) is 2.73. The molecule has 1 unspecified atom stereocenters. The summed E-state index contributed by atoms with van der Waals surface area (Å²) in [6, 6.07) is 0. The first-order valence-corrected chi connectivity index (χ1v) is 7.03. The molecule has 1 saturated heterocycles. The molecule has 0 saturated carbocycles. The predicted molar refractivity (Wildman–Crippen MR) is 74.0 cm³/mol. The van der Waals surface area contributed by atoms with Crippen molar-refractivity contribution < 1.29 is 0 Å². The first-order chi connectivity index (χ1) is 9.54. The van der Waals surface area contributed by atoms with Gasteiger partial charge in [-0.2, -0.15) is 0 Å². The van der Waals surface area contributed by atoms with E-state index >= 15 is 0 Å². The molecule has 1 fully saturated rings. The Balaban J connectivity index is 1.67. The number of hydrogen-bond donors (Lipinski definition) is 1. The zero-order valence-corrected chi connectivity index (χ0v) is 12.2. The van der Waals surface area contributed by atoms with Crippen molar-refractivity contribution in [3.8, 4) is 0 Å². The van der Waals surface area contributed by atoms with E-state index in [0.29, 0.717) is 5.92 Å². The molecular weight excluding hydrogens is 254 g/mol. The molecule has 3 heterocycles. The number of nitrogens with zero attached hydrogens (tertiary/aromatic N) is 6. The van der Waals surface area contributed by atoms with Crippen molar-refractivity contribution in [2.75, 3.05) is 13.1 Å². The van der Waals surface area contributed by atoms with E-state index in [9.17, 15) is 0 Å². The molecular formula is C13H21N7. The van der Waals surface area contributed by atoms with Gasteiger partial charge in [0.1, 0.15) is 5.82 Å². The van der Waals surface area contributed by atoms with E-state index in [0.717, 1.165) is 37.7 Å². The zero-order valence-electron chi connectivity index (χ0n) is 12.2. The third-order valence-corrected chi connectivity index (χ3v) is 3.71. The van der Waals surface area contributed by atoms with Gasteiger partial charge in [-0.1, -0.05) is 0 Å². The lowest BCUT2D eigenvalue weighted by atomic mass is 10.1. The van der Waals surface area contributed by atoms with Gasteiger partial charge in [0.25, 0.3) is 0 Å². The maximum atomic E-state index is 4.36. The Kier molecular flexibility index (Phi) is 3.29. The molecule has 1 aliphatic heterocycles. The average molecular weight is 275 g/mol. The Morgan fingerprint density at radius 2 is 2.25 bits per heavy atom. The van der Waals surface area contributed by atoms with Gasteiger partial charge in [-0.3, -0.25) is 4.90 Å². The number of rotatable bonds is 3. The van der Waals surface area contributed by atoms with Crippen molar-refractivity contribution in [3.63, 3.8) is 0 Å². The Labute approximate surface area is 118 Å². The number of likely N-dealkylation sites (tertiary alicyclic amines) is 1. The molecule has 1 atom stereocenters. The quantitative estimate of drug-likeness (QED) is 0.909. The SMILES string of the molecule is CC(C)(C)n1nnnc1CN1CCC(c2ncc[nH]2)C1. The standard InChI is InChI=1S/C13H21N7/c1-13(2,3)20-11(16-17-18-20)9-19-7-4-10(8-19)12-14-5-6-15-12/h5-6,10H,4,7-9H2,1-3H3,(H,14,15). The molecule has 108 valence electrons. The van der Waals surface area contributed by atoms with Crippen molar-refractivity contribution in [1.82, 2.24) is 35.1 Å². The monoisotopic (exact) mass is 275 g/mol. The number of tetrazole rings is 1. The molecule has 0 aromatic carbocycles. The first-order valence-electron chi connectivity index (χ1n) is 7.03. The third-order valence-electron chi connectivity index (χ3n) is 3.71. The van der Waals surface area contributed by atoms with Gasteiger partial charge < -0.3 is 4.98 Å². The molecule has 1 aliphatic rings. The van der Waals surface area contributed by atoms with Gasteiger partial charge in [0.15, 0.2) is 5.82 Å². The molecule has 3 rings (SSSR count). The molecule has 0 aliphatic carbocycles. The van der Waals surface area contributed by atoms with Crippen LogP contribution in [0.4, 0.5) is 0 Å². The van der Waals surface area contributed by atoms with Crippen molar-refractivity contribution in [2.45, 2.75) is 45.2 Å². The molecule has 2 aromatic rings. The van der Waals surface area contributed by atoms with Gasteiger partial charge in [0, 0.05) is 24.9 Å². The van der Waals surface area contributed by atoms with Gasteiger partial charge in [-0.25, -0.2) is 9.67 Å². The van der Waals surface area contributed by atoms with E-state index in [2.05, 4.69) is 51.2 Å². The van der Waals surface area contributed by atoms with Crippen LogP contribution in [0.1, 0.15) is 44.8 Å². The minimum Gasteiger partial charge on any atom is -0.348 e. The van der Waals surface area contributed by atoms with Crippen LogP contribution in [0.3, 0.4) is 0 Å². The average Bonchev–Trinajstić information content (AvgIpc) is 3.08. The second-order valence-electron chi connectivity index (χ2n) is 6.37. The maximum Gasteiger partial charge on any atom is 0.165 e. The van der Waals surface area contributed by atoms with Crippen molar-refractivity contribution >= 4 is 0 Å². The molecule has 7 heteroatoms. The van der Waals surface area contributed by atoms with Gasteiger partial charge in [-0.15, -0.1) is 5.10 Å². The summed E-state index contributed by atoms with van der Waals surface area (Å²) < 4.78 is 1.91. The van der Waals surface area contributed by atoms with E-state index in [1.54, 1.807) is 0 Å². The molecule has 0 radical (unpaired) electrons. The Morgan fingerprint density at radius 3 is 2.95 bits per heavy atom. The Morgan fingerprint density at radius 1 is 1.40 bits per heavy atom. The van der Waals surface area contributed by atoms with Crippen LogP contribution >= 0.6 is 0 Å². The van der Waals surface area contributed by atoms with E-state index in [-0.39, 0.29) is 5.54 Å². The van der Waals surface area contributed by atoms with E-state index in [1.165, 1.54) is 0 Å². The maximum absolute atomic E-state index is 4.36. The topological polar surface area (TPSA) is 75.5 Å². The molecule has 0 amide bonds. The first kappa shape index (κ1) is 13.2. The molecule has 2 aromatic heterocycles. The van der Waals surface area contributed by atoms with Crippen molar-refractivity contribution in [1.29, 1.82) is 0 Å². The van der Waals surface area contributed by atoms with Crippen LogP contribution in [0.15, 0.2) is 12.4 Å². The highest BCUT2D eigenvalue weighted by Gasteiger charge is 2.28. The van der Waals surface area contributed by atoms with Crippen LogP contribution in [0.5, 0.6) is 0 Å². The molecule has 0 bridgehead atoms. The lowest BCUT2D eigenvalue weighted by molar-refractivity contribution is 0.277. The van der Waals surface area contributed by atoms with Crippen LogP contribution in [-0.4, -0.2) is 48.2 Å². The van der Waals surface area contributed by atoms with Gasteiger partial charge >= 0.3 is 0 Å². The molecule has 20 heavy (non-hydrogen) atoms. The summed E-state index contributed by atoms with van der Waals surface area (Å²) in [6.07, 6.45) is 4.83. The Bertz CT molecular complexity index is 552. The number of aromatic nitrogens is 6. The van der Waals surface area contributed by atoms with Crippen LogP contribution < -0.4 is 0 Å². The van der Waals surface area contributed by atoms with Gasteiger partial charge in [0.05, 0.1) is 12.1 Å². The molecule has 0 spiro atoms. The van der Waals surface area contributed by atoms with E-state index in [4.69, 9.17) is 0 Å². The summed E-state index contributed by atoms with van der Waals surface area (Å²) >= 11 is 0. The lowest BCUT2D eigenvalue weighted by Gasteiger charge is -2.22. The Hall–Kier alpha value is -1.76. The highest BCUT2D eigenvalue weighted by atomic mass is 15.6. The minimum atomic E-state index is -0.0844. The highest BCUT2D eigenvalue weighted by Crippen LogP contribution is 2.25. The lowest BCUT2D eigenvalue weighted by Crippen LogP contribution is -2.29. The minimum absolute atomic E-state index is 0.0844. The summed E-state index contributed by atoms with van der Waals surface area (Å²) in [5, 5.41) is 12.1. The zero-order chi connectivity index (χ0) is 14.2. The van der Waals surface area contributed by atoms with Gasteiger partial charge in [-0.05, 0) is 44.2 Å². The van der Waals surface area contributed by atoms with Crippen LogP contribution in [0.25, 0.3) is 0 Å². The van der Waals surface area contributed by atoms with E-state index in [1.807, 2.05) is 17.1 Å². The number of nitrogens with one attached hydrogen (secondary N) is 1. The third kappa shape index (κ3) is 2.58. The van der Waals surface area contributed by atoms with Crippen LogP contribution in [0.2, 0.25) is 0 Å². The predicted octanol–water partition coefficient (Wildman–Crippen LogP) is 1.14. The highest BCUT2D eigenvalue weighted by molar-refractivity contribution is 5.02. The molecule has 7 nitrogen and oxygen atoms in total. The van der Waals surface area contributed by atoms with Crippen molar-refractivity contribution in [2.24, 2.45) is 0 Å². The summed E-state index contributed by atoms with van der Waals surface area (Å²) in [5.41, 5.74) is -0.0844. The normalized spacial score (nSPS) is 20.6. The fourth-order valence-electron chi connectivity index (χ4n) is 2.73.